The van der Waals surface area contributed by atoms with Crippen LogP contribution < -0.4 is 5.32 Å². The molecule has 7 heteroatoms. The number of thioether (sulfide) groups is 1. The summed E-state index contributed by atoms with van der Waals surface area (Å²) >= 11 is 1.64. The predicted octanol–water partition coefficient (Wildman–Crippen LogP) is 5.76. The van der Waals surface area contributed by atoms with Crippen LogP contribution in [0.3, 0.4) is 0 Å². The lowest BCUT2D eigenvalue weighted by Gasteiger charge is -2.32. The topological polar surface area (TPSA) is 65.5 Å². The number of rotatable bonds is 7. The first-order chi connectivity index (χ1) is 19.4. The van der Waals surface area contributed by atoms with E-state index in [1.165, 1.54) is 0 Å². The van der Waals surface area contributed by atoms with Gasteiger partial charge in [0, 0.05) is 48.4 Å². The fraction of sp³-hybridized carbons (Fsp3) is 0.242. The number of likely N-dealkylation sites (N-methyl/N-ethyl adjacent to an activating group) is 1. The summed E-state index contributed by atoms with van der Waals surface area (Å²) in [5.41, 5.74) is 7.55. The summed E-state index contributed by atoms with van der Waals surface area (Å²) in [7, 11) is 2.09. The van der Waals surface area contributed by atoms with E-state index in [4.69, 9.17) is 0 Å². The predicted molar refractivity (Wildman–Crippen MR) is 163 cm³/mol. The zero-order valence-corrected chi connectivity index (χ0v) is 24.0. The molecule has 6 nitrogen and oxygen atoms in total. The van der Waals surface area contributed by atoms with Crippen LogP contribution in [0.2, 0.25) is 0 Å². The highest BCUT2D eigenvalue weighted by Gasteiger charge is 2.20. The van der Waals surface area contributed by atoms with E-state index in [-0.39, 0.29) is 11.8 Å². The maximum atomic E-state index is 12.9. The van der Waals surface area contributed by atoms with Gasteiger partial charge < -0.3 is 15.1 Å². The number of piperazine rings is 1. The van der Waals surface area contributed by atoms with Crippen molar-refractivity contribution < 1.29 is 9.59 Å². The second-order valence-electron chi connectivity index (χ2n) is 10.2. The molecule has 1 aliphatic heterocycles. The molecule has 1 N–H and O–H groups in total. The van der Waals surface area contributed by atoms with Gasteiger partial charge in [-0.05, 0) is 90.5 Å². The van der Waals surface area contributed by atoms with Crippen LogP contribution in [0, 0.1) is 6.92 Å². The highest BCUT2D eigenvalue weighted by atomic mass is 32.2. The number of aromatic nitrogens is 1. The van der Waals surface area contributed by atoms with Crippen LogP contribution >= 0.6 is 11.8 Å². The lowest BCUT2D eigenvalue weighted by atomic mass is 9.98. The Morgan fingerprint density at radius 3 is 2.23 bits per heavy atom. The van der Waals surface area contributed by atoms with Crippen LogP contribution in [0.15, 0.2) is 90.0 Å². The third-order valence-corrected chi connectivity index (χ3v) is 8.25. The van der Waals surface area contributed by atoms with E-state index in [1.807, 2.05) is 78.7 Å². The van der Waals surface area contributed by atoms with Crippen LogP contribution in [-0.4, -0.2) is 66.1 Å². The molecule has 1 fully saturated rings. The van der Waals surface area contributed by atoms with E-state index in [0.29, 0.717) is 12.1 Å². The van der Waals surface area contributed by atoms with Crippen LogP contribution in [0.5, 0.6) is 0 Å². The van der Waals surface area contributed by atoms with Crippen LogP contribution in [0.4, 0.5) is 0 Å². The van der Waals surface area contributed by atoms with Crippen molar-refractivity contribution in [2.24, 2.45) is 0 Å². The van der Waals surface area contributed by atoms with Gasteiger partial charge >= 0.3 is 0 Å². The smallest absolute Gasteiger partial charge is 0.253 e. The van der Waals surface area contributed by atoms with Crippen LogP contribution in [0.1, 0.15) is 32.0 Å². The van der Waals surface area contributed by atoms with Crippen molar-refractivity contribution in [3.05, 3.63) is 107 Å². The Labute approximate surface area is 240 Å². The van der Waals surface area contributed by atoms with Crippen molar-refractivity contribution >= 4 is 23.6 Å². The molecule has 0 aliphatic carbocycles. The van der Waals surface area contributed by atoms with E-state index in [9.17, 15) is 9.59 Å². The van der Waals surface area contributed by atoms with Gasteiger partial charge in [-0.15, -0.1) is 11.8 Å². The Kier molecular flexibility index (Phi) is 8.63. The minimum absolute atomic E-state index is 0.0943. The number of nitrogens with zero attached hydrogens (tertiary/aromatic N) is 3. The summed E-state index contributed by atoms with van der Waals surface area (Å²) < 4.78 is 0. The Balaban J connectivity index is 1.26. The zero-order valence-electron chi connectivity index (χ0n) is 23.2. The van der Waals surface area contributed by atoms with Gasteiger partial charge in [0.2, 0.25) is 0 Å². The average molecular weight is 551 g/mol. The standard InChI is InChI=1S/C33H34N4O2S/c1-23-7-8-29(21-31(23)40-3)32(38)35-22-30-20-28(13-14-34-30)27-6-4-5-26(19-27)24-9-11-25(12-10-24)33(39)37-17-15-36(2)16-18-37/h4-14,19-21H,15-18,22H2,1-3H3,(H,35,38). The molecule has 0 spiro atoms. The number of hydrogen-bond donors (Lipinski definition) is 1. The van der Waals surface area contributed by atoms with Crippen LogP contribution in [-0.2, 0) is 6.54 Å². The molecule has 0 unspecified atom stereocenters. The fourth-order valence-electron chi connectivity index (χ4n) is 4.86. The Bertz CT molecular complexity index is 1510. The molecular formula is C33H34N4O2S. The molecule has 1 aliphatic rings. The van der Waals surface area contributed by atoms with Crippen molar-refractivity contribution in [3.8, 4) is 22.3 Å². The summed E-state index contributed by atoms with van der Waals surface area (Å²) in [4.78, 5) is 35.4. The van der Waals surface area contributed by atoms with Gasteiger partial charge in [0.15, 0.2) is 0 Å². The van der Waals surface area contributed by atoms with Crippen molar-refractivity contribution in [2.75, 3.05) is 39.5 Å². The lowest BCUT2D eigenvalue weighted by Crippen LogP contribution is -2.47. The molecular weight excluding hydrogens is 516 g/mol. The molecule has 204 valence electrons. The Morgan fingerprint density at radius 2 is 1.50 bits per heavy atom. The SMILES string of the molecule is CSc1cc(C(=O)NCc2cc(-c3cccc(-c4ccc(C(=O)N5CCN(C)CC5)cc4)c3)ccn2)ccc1C. The first-order valence-corrected chi connectivity index (χ1v) is 14.7. The lowest BCUT2D eigenvalue weighted by molar-refractivity contribution is 0.0664. The highest BCUT2D eigenvalue weighted by Crippen LogP contribution is 2.27. The summed E-state index contributed by atoms with van der Waals surface area (Å²) in [5, 5.41) is 3.00. The monoisotopic (exact) mass is 550 g/mol. The van der Waals surface area contributed by atoms with Gasteiger partial charge in [-0.25, -0.2) is 0 Å². The maximum Gasteiger partial charge on any atom is 0.253 e. The van der Waals surface area contributed by atoms with Crippen molar-refractivity contribution in [1.82, 2.24) is 20.1 Å². The number of carbonyl (C=O) groups excluding carboxylic acids is 2. The molecule has 4 aromatic rings. The molecule has 0 bridgehead atoms. The maximum absolute atomic E-state index is 12.9. The molecule has 1 saturated heterocycles. The third kappa shape index (κ3) is 6.43. The number of nitrogens with one attached hydrogen (secondary N) is 1. The summed E-state index contributed by atoms with van der Waals surface area (Å²) in [6, 6.07) is 26.0. The van der Waals surface area contributed by atoms with Crippen molar-refractivity contribution in [1.29, 1.82) is 0 Å². The second-order valence-corrected chi connectivity index (χ2v) is 11.0. The quantitative estimate of drug-likeness (QED) is 0.296. The van der Waals surface area contributed by atoms with Crippen molar-refractivity contribution in [2.45, 2.75) is 18.4 Å². The normalized spacial score (nSPS) is 13.7. The van der Waals surface area contributed by atoms with Gasteiger partial charge in [-0.2, -0.15) is 0 Å². The van der Waals surface area contributed by atoms with Gasteiger partial charge in [0.25, 0.3) is 11.8 Å². The van der Waals surface area contributed by atoms with E-state index < -0.39 is 0 Å². The number of benzene rings is 3. The molecule has 0 atom stereocenters. The Hall–Kier alpha value is -3.94. The average Bonchev–Trinajstić information content (AvgIpc) is 3.00. The highest BCUT2D eigenvalue weighted by molar-refractivity contribution is 7.98. The molecule has 0 radical (unpaired) electrons. The summed E-state index contributed by atoms with van der Waals surface area (Å²) in [6.07, 6.45) is 3.79. The minimum atomic E-state index is -0.112. The summed E-state index contributed by atoms with van der Waals surface area (Å²) in [6.45, 7) is 5.74. The fourth-order valence-corrected chi connectivity index (χ4v) is 5.50. The molecule has 5 rings (SSSR count). The van der Waals surface area contributed by atoms with E-state index >= 15 is 0 Å². The molecule has 2 heterocycles. The van der Waals surface area contributed by atoms with E-state index in [1.54, 1.807) is 18.0 Å². The second kappa shape index (κ2) is 12.5. The van der Waals surface area contributed by atoms with Gasteiger partial charge in [0.1, 0.15) is 0 Å². The largest absolute Gasteiger partial charge is 0.346 e. The van der Waals surface area contributed by atoms with Crippen LogP contribution in [0.25, 0.3) is 22.3 Å². The number of carbonyl (C=O) groups is 2. The summed E-state index contributed by atoms with van der Waals surface area (Å²) in [5.74, 6) is -0.0177. The zero-order chi connectivity index (χ0) is 28.1. The number of hydrogen-bond acceptors (Lipinski definition) is 5. The first kappa shape index (κ1) is 27.6. The van der Waals surface area contributed by atoms with Crippen molar-refractivity contribution in [3.63, 3.8) is 0 Å². The molecule has 0 saturated carbocycles. The third-order valence-electron chi connectivity index (χ3n) is 7.37. The number of pyridine rings is 1. The van der Waals surface area contributed by atoms with E-state index in [2.05, 4.69) is 40.4 Å². The molecule has 2 amide bonds. The van der Waals surface area contributed by atoms with Gasteiger partial charge in [-0.3, -0.25) is 14.6 Å². The van der Waals surface area contributed by atoms with Gasteiger partial charge in [0.05, 0.1) is 12.2 Å². The number of amides is 2. The Morgan fingerprint density at radius 1 is 0.825 bits per heavy atom. The molecule has 40 heavy (non-hydrogen) atoms. The first-order valence-electron chi connectivity index (χ1n) is 13.5. The minimum Gasteiger partial charge on any atom is -0.346 e. The van der Waals surface area contributed by atoms with Gasteiger partial charge in [-0.1, -0.05) is 36.4 Å². The van der Waals surface area contributed by atoms with E-state index in [0.717, 1.165) is 70.1 Å². The number of aryl methyl sites for hydroxylation is 1. The molecule has 1 aromatic heterocycles. The molecule has 3 aromatic carbocycles.